The Kier molecular flexibility index (Phi) is 5.97. The lowest BCUT2D eigenvalue weighted by Gasteiger charge is -2.02. The predicted octanol–water partition coefficient (Wildman–Crippen LogP) is 3.84. The fraction of sp³-hybridized carbons (Fsp3) is 0.583. The molecule has 0 bridgehead atoms. The molecule has 0 amide bonds. The topological polar surface area (TPSA) is 23.8 Å². The fourth-order valence-corrected chi connectivity index (χ4v) is 0.958. The molecule has 0 saturated heterocycles. The van der Waals surface area contributed by atoms with Gasteiger partial charge in [-0.25, -0.2) is 0 Å². The largest absolute Gasteiger partial charge is 0.198 e. The average molecular weight is 177 g/mol. The predicted molar refractivity (Wildman–Crippen MR) is 57.2 cm³/mol. The smallest absolute Gasteiger partial charge is 0.0662 e. The highest BCUT2D eigenvalue weighted by molar-refractivity contribution is 5.02. The van der Waals surface area contributed by atoms with E-state index in [9.17, 15) is 0 Å². The van der Waals surface area contributed by atoms with E-state index in [0.717, 1.165) is 12.8 Å². The summed E-state index contributed by atoms with van der Waals surface area (Å²) >= 11 is 0. The van der Waals surface area contributed by atoms with Gasteiger partial charge in [-0.05, 0) is 40.5 Å². The standard InChI is InChI=1S/C12H19N/c1-10(2)5-7-12(9-13)8-6-11(3)4/h5-6,12H,7-8H2,1-4H3. The van der Waals surface area contributed by atoms with E-state index in [1.54, 1.807) is 0 Å². The highest BCUT2D eigenvalue weighted by Gasteiger charge is 2.02. The summed E-state index contributed by atoms with van der Waals surface area (Å²) in [4.78, 5) is 0. The Hall–Kier alpha value is -1.03. The summed E-state index contributed by atoms with van der Waals surface area (Å²) in [6.07, 6.45) is 6.02. The summed E-state index contributed by atoms with van der Waals surface area (Å²) in [6.45, 7) is 8.26. The minimum atomic E-state index is 0.143. The molecule has 0 radical (unpaired) electrons. The van der Waals surface area contributed by atoms with Gasteiger partial charge >= 0.3 is 0 Å². The molecule has 0 saturated carbocycles. The maximum absolute atomic E-state index is 8.84. The van der Waals surface area contributed by atoms with E-state index in [-0.39, 0.29) is 5.92 Å². The average Bonchev–Trinajstić information content (AvgIpc) is 2.04. The van der Waals surface area contributed by atoms with Gasteiger partial charge in [-0.15, -0.1) is 0 Å². The van der Waals surface area contributed by atoms with E-state index in [0.29, 0.717) is 0 Å². The monoisotopic (exact) mass is 177 g/mol. The lowest BCUT2D eigenvalue weighted by Crippen LogP contribution is -1.93. The van der Waals surface area contributed by atoms with Crippen molar-refractivity contribution in [3.63, 3.8) is 0 Å². The van der Waals surface area contributed by atoms with Crippen LogP contribution >= 0.6 is 0 Å². The number of nitriles is 1. The van der Waals surface area contributed by atoms with Crippen LogP contribution in [0.4, 0.5) is 0 Å². The van der Waals surface area contributed by atoms with Crippen molar-refractivity contribution in [2.75, 3.05) is 0 Å². The zero-order valence-electron chi connectivity index (χ0n) is 9.09. The molecule has 0 fully saturated rings. The molecular weight excluding hydrogens is 158 g/mol. The normalized spacial score (nSPS) is 9.23. The Morgan fingerprint density at radius 3 is 1.69 bits per heavy atom. The van der Waals surface area contributed by atoms with Crippen LogP contribution in [0, 0.1) is 17.2 Å². The Morgan fingerprint density at radius 1 is 1.08 bits per heavy atom. The van der Waals surface area contributed by atoms with Gasteiger partial charge in [0, 0.05) is 0 Å². The van der Waals surface area contributed by atoms with Gasteiger partial charge < -0.3 is 0 Å². The maximum Gasteiger partial charge on any atom is 0.0662 e. The number of rotatable bonds is 4. The van der Waals surface area contributed by atoms with Crippen molar-refractivity contribution in [2.24, 2.45) is 5.92 Å². The second-order valence-electron chi connectivity index (χ2n) is 3.86. The molecule has 1 heteroatoms. The summed E-state index contributed by atoms with van der Waals surface area (Å²) in [7, 11) is 0. The van der Waals surface area contributed by atoms with Crippen LogP contribution in [-0.2, 0) is 0 Å². The minimum Gasteiger partial charge on any atom is -0.198 e. The molecule has 0 aliphatic heterocycles. The summed E-state index contributed by atoms with van der Waals surface area (Å²) in [5.74, 6) is 0.143. The highest BCUT2D eigenvalue weighted by Crippen LogP contribution is 2.11. The lowest BCUT2D eigenvalue weighted by molar-refractivity contribution is 0.685. The molecule has 72 valence electrons. The van der Waals surface area contributed by atoms with Crippen LogP contribution < -0.4 is 0 Å². The lowest BCUT2D eigenvalue weighted by atomic mass is 10.0. The molecule has 0 aromatic carbocycles. The molecule has 0 atom stereocenters. The SMILES string of the molecule is CC(C)=CCC(C#N)CC=C(C)C. The van der Waals surface area contributed by atoms with E-state index >= 15 is 0 Å². The van der Waals surface area contributed by atoms with Crippen LogP contribution in [0.5, 0.6) is 0 Å². The van der Waals surface area contributed by atoms with Crippen molar-refractivity contribution in [1.82, 2.24) is 0 Å². The molecule has 13 heavy (non-hydrogen) atoms. The van der Waals surface area contributed by atoms with Crippen molar-refractivity contribution in [1.29, 1.82) is 5.26 Å². The second-order valence-corrected chi connectivity index (χ2v) is 3.86. The van der Waals surface area contributed by atoms with Gasteiger partial charge in [-0.2, -0.15) is 5.26 Å². The zero-order valence-corrected chi connectivity index (χ0v) is 9.09. The Morgan fingerprint density at radius 2 is 1.46 bits per heavy atom. The molecule has 0 aliphatic carbocycles. The molecule has 0 aromatic rings. The van der Waals surface area contributed by atoms with Crippen molar-refractivity contribution < 1.29 is 0 Å². The van der Waals surface area contributed by atoms with Crippen LogP contribution in [0.1, 0.15) is 40.5 Å². The first-order valence-electron chi connectivity index (χ1n) is 4.72. The molecule has 0 N–H and O–H groups in total. The van der Waals surface area contributed by atoms with Gasteiger partial charge in [0.05, 0.1) is 12.0 Å². The van der Waals surface area contributed by atoms with Gasteiger partial charge in [-0.3, -0.25) is 0 Å². The van der Waals surface area contributed by atoms with Gasteiger partial charge in [0.1, 0.15) is 0 Å². The van der Waals surface area contributed by atoms with Crippen molar-refractivity contribution in [3.05, 3.63) is 23.3 Å². The van der Waals surface area contributed by atoms with Crippen LogP contribution in [-0.4, -0.2) is 0 Å². The van der Waals surface area contributed by atoms with Crippen LogP contribution in [0.25, 0.3) is 0 Å². The van der Waals surface area contributed by atoms with Crippen molar-refractivity contribution in [3.8, 4) is 6.07 Å². The third-order valence-electron chi connectivity index (χ3n) is 1.80. The molecule has 0 aromatic heterocycles. The molecule has 0 aliphatic rings. The van der Waals surface area contributed by atoms with Crippen LogP contribution in [0.3, 0.4) is 0 Å². The third kappa shape index (κ3) is 7.33. The van der Waals surface area contributed by atoms with E-state index in [4.69, 9.17) is 5.26 Å². The van der Waals surface area contributed by atoms with Crippen LogP contribution in [0.2, 0.25) is 0 Å². The second kappa shape index (κ2) is 6.48. The Labute approximate surface area is 81.8 Å². The first kappa shape index (κ1) is 12.0. The molecule has 0 heterocycles. The summed E-state index contributed by atoms with van der Waals surface area (Å²) in [6, 6.07) is 2.32. The molecule has 0 spiro atoms. The minimum absolute atomic E-state index is 0.143. The van der Waals surface area contributed by atoms with Crippen molar-refractivity contribution in [2.45, 2.75) is 40.5 Å². The number of nitrogens with zero attached hydrogens (tertiary/aromatic N) is 1. The third-order valence-corrected chi connectivity index (χ3v) is 1.80. The summed E-state index contributed by atoms with van der Waals surface area (Å²) in [5, 5.41) is 8.84. The van der Waals surface area contributed by atoms with E-state index < -0.39 is 0 Å². The van der Waals surface area contributed by atoms with Crippen molar-refractivity contribution >= 4 is 0 Å². The zero-order chi connectivity index (χ0) is 10.3. The molecular formula is C12H19N. The molecule has 1 nitrogen and oxygen atoms in total. The number of hydrogen-bond donors (Lipinski definition) is 0. The molecule has 0 unspecified atom stereocenters. The first-order valence-corrected chi connectivity index (χ1v) is 4.72. The number of allylic oxidation sites excluding steroid dienone is 4. The summed E-state index contributed by atoms with van der Waals surface area (Å²) in [5.41, 5.74) is 2.58. The summed E-state index contributed by atoms with van der Waals surface area (Å²) < 4.78 is 0. The van der Waals surface area contributed by atoms with E-state index in [2.05, 4.69) is 45.9 Å². The van der Waals surface area contributed by atoms with Crippen LogP contribution in [0.15, 0.2) is 23.3 Å². The Balaban J connectivity index is 4.00. The van der Waals surface area contributed by atoms with Gasteiger partial charge in [0.2, 0.25) is 0 Å². The first-order chi connectivity index (χ1) is 6.06. The Bertz CT molecular complexity index is 212. The van der Waals surface area contributed by atoms with Gasteiger partial charge in [0.15, 0.2) is 0 Å². The number of hydrogen-bond acceptors (Lipinski definition) is 1. The highest BCUT2D eigenvalue weighted by atomic mass is 14.3. The van der Waals surface area contributed by atoms with Gasteiger partial charge in [-0.1, -0.05) is 23.3 Å². The maximum atomic E-state index is 8.84. The van der Waals surface area contributed by atoms with E-state index in [1.165, 1.54) is 11.1 Å². The van der Waals surface area contributed by atoms with Gasteiger partial charge in [0.25, 0.3) is 0 Å². The fourth-order valence-electron chi connectivity index (χ4n) is 0.958. The quantitative estimate of drug-likeness (QED) is 0.598. The van der Waals surface area contributed by atoms with E-state index in [1.807, 2.05) is 0 Å². The molecule has 0 rings (SSSR count).